The third-order valence-electron chi connectivity index (χ3n) is 11.4. The summed E-state index contributed by atoms with van der Waals surface area (Å²) in [6, 6.07) is 0. The molecule has 68 heavy (non-hydrogen) atoms. The Morgan fingerprint density at radius 1 is 0.426 bits per heavy atom. The standard InChI is InChI=1S/C56H99O11P/c1-4-7-10-13-16-19-21-23-25-26-28-30-32-35-38-41-44-47-56(60)67-53(49-63-54(58)45-42-39-36-33-18-15-12-9-6-3)51-65-68(61,62)64-50-52(48-57)66-55(59)46-43-40-37-34-31-29-27-24-22-20-17-14-11-8-5-2/h7,10,16,19,23-25,27-28,30,52-53,57H,4-6,8-9,11-15,17-18,20-22,26,29,31-51H2,1-3H3,(H,61,62)/b10-7-,19-16-,25-23-,27-24-,30-28-. The van der Waals surface area contributed by atoms with Crippen molar-refractivity contribution in [2.24, 2.45) is 0 Å². The molecule has 3 atom stereocenters. The van der Waals surface area contributed by atoms with Crippen molar-refractivity contribution < 1.29 is 52.2 Å². The number of phosphoric acid groups is 1. The first-order valence-electron chi connectivity index (χ1n) is 27.2. The molecule has 0 saturated carbocycles. The van der Waals surface area contributed by atoms with Gasteiger partial charge >= 0.3 is 25.7 Å². The summed E-state index contributed by atoms with van der Waals surface area (Å²) < 4.78 is 39.3. The molecule has 0 aliphatic heterocycles. The molecule has 3 unspecified atom stereocenters. The van der Waals surface area contributed by atoms with Crippen LogP contribution in [0.3, 0.4) is 0 Å². The Labute approximate surface area is 415 Å². The maximum absolute atomic E-state index is 12.8. The molecule has 0 heterocycles. The average molecular weight is 979 g/mol. The predicted octanol–water partition coefficient (Wildman–Crippen LogP) is 15.6. The van der Waals surface area contributed by atoms with Crippen molar-refractivity contribution in [3.8, 4) is 0 Å². The highest BCUT2D eigenvalue weighted by Crippen LogP contribution is 2.43. The van der Waals surface area contributed by atoms with Crippen LogP contribution in [-0.4, -0.2) is 66.5 Å². The van der Waals surface area contributed by atoms with Crippen molar-refractivity contribution in [1.29, 1.82) is 0 Å². The van der Waals surface area contributed by atoms with Gasteiger partial charge in [0.25, 0.3) is 0 Å². The van der Waals surface area contributed by atoms with E-state index >= 15 is 0 Å². The van der Waals surface area contributed by atoms with E-state index in [0.717, 1.165) is 109 Å². The second-order valence-electron chi connectivity index (χ2n) is 18.0. The molecule has 0 aromatic rings. The van der Waals surface area contributed by atoms with Gasteiger partial charge in [-0.15, -0.1) is 0 Å². The fourth-order valence-corrected chi connectivity index (χ4v) is 8.07. The lowest BCUT2D eigenvalue weighted by molar-refractivity contribution is -0.161. The zero-order valence-electron chi connectivity index (χ0n) is 43.3. The van der Waals surface area contributed by atoms with E-state index in [1.807, 2.05) is 0 Å². The lowest BCUT2D eigenvalue weighted by Gasteiger charge is -2.21. The number of esters is 3. The third-order valence-corrected chi connectivity index (χ3v) is 12.4. The Hall–Kier alpha value is -2.82. The Bertz CT molecular complexity index is 1370. The maximum atomic E-state index is 12.8. The zero-order chi connectivity index (χ0) is 49.9. The van der Waals surface area contributed by atoms with Gasteiger partial charge in [-0.1, -0.05) is 197 Å². The molecule has 0 aliphatic carbocycles. The normalized spacial score (nSPS) is 13.9. The highest BCUT2D eigenvalue weighted by molar-refractivity contribution is 7.47. The van der Waals surface area contributed by atoms with Crippen LogP contribution in [0.1, 0.15) is 239 Å². The number of aliphatic hydroxyl groups is 1. The summed E-state index contributed by atoms with van der Waals surface area (Å²) in [5, 5.41) is 9.78. The quantitative estimate of drug-likeness (QED) is 0.0197. The van der Waals surface area contributed by atoms with Gasteiger partial charge in [0, 0.05) is 19.3 Å². The topological polar surface area (TPSA) is 155 Å². The summed E-state index contributed by atoms with van der Waals surface area (Å²) in [6.07, 6.45) is 53.3. The summed E-state index contributed by atoms with van der Waals surface area (Å²) in [6.45, 7) is 4.47. The van der Waals surface area contributed by atoms with E-state index in [0.29, 0.717) is 19.3 Å². The van der Waals surface area contributed by atoms with Crippen molar-refractivity contribution in [1.82, 2.24) is 0 Å². The van der Waals surface area contributed by atoms with Crippen LogP contribution in [0.4, 0.5) is 0 Å². The SMILES string of the molecule is CC/C=C\C/C=C\C/C=C\C/C=C\CCCCCCC(=O)OC(COC(=O)CCCCCCCCCCC)COP(=O)(O)OCC(CO)OC(=O)CCCCCCC/C=C\CCCCCCCC. The molecule has 0 aromatic heterocycles. The molecule has 0 rings (SSSR count). The molecule has 0 radical (unpaired) electrons. The molecule has 0 amide bonds. The Balaban J connectivity index is 4.71. The molecular formula is C56H99O11P. The molecule has 0 bridgehead atoms. The van der Waals surface area contributed by atoms with Crippen molar-refractivity contribution in [2.45, 2.75) is 251 Å². The van der Waals surface area contributed by atoms with Gasteiger partial charge in [-0.25, -0.2) is 4.57 Å². The molecule has 394 valence electrons. The summed E-state index contributed by atoms with van der Waals surface area (Å²) in [5.41, 5.74) is 0. The lowest BCUT2D eigenvalue weighted by atomic mass is 10.1. The summed E-state index contributed by atoms with van der Waals surface area (Å²) in [5.74, 6) is -1.50. The number of hydrogen-bond donors (Lipinski definition) is 2. The first kappa shape index (κ1) is 65.2. The number of aliphatic hydroxyl groups excluding tert-OH is 1. The number of carbonyl (C=O) groups is 3. The van der Waals surface area contributed by atoms with Crippen LogP contribution < -0.4 is 0 Å². The van der Waals surface area contributed by atoms with Crippen LogP contribution in [0.15, 0.2) is 60.8 Å². The van der Waals surface area contributed by atoms with Gasteiger partial charge in [0.05, 0.1) is 19.8 Å². The van der Waals surface area contributed by atoms with E-state index in [2.05, 4.69) is 81.5 Å². The number of unbranched alkanes of at least 4 members (excludes halogenated alkanes) is 23. The first-order chi connectivity index (χ1) is 33.2. The highest BCUT2D eigenvalue weighted by atomic mass is 31.2. The Morgan fingerprint density at radius 3 is 1.19 bits per heavy atom. The fraction of sp³-hybridized carbons (Fsp3) is 0.768. The van der Waals surface area contributed by atoms with E-state index in [1.165, 1.54) is 70.6 Å². The predicted molar refractivity (Wildman–Crippen MR) is 279 cm³/mol. The number of carbonyl (C=O) groups excluding carboxylic acids is 3. The van der Waals surface area contributed by atoms with Crippen LogP contribution in [0.25, 0.3) is 0 Å². The molecule has 0 spiro atoms. The van der Waals surface area contributed by atoms with Gasteiger partial charge in [-0.3, -0.25) is 23.4 Å². The van der Waals surface area contributed by atoms with E-state index in [-0.39, 0.29) is 25.9 Å². The van der Waals surface area contributed by atoms with Gasteiger partial charge in [-0.2, -0.15) is 0 Å². The van der Waals surface area contributed by atoms with Crippen LogP contribution in [-0.2, 0) is 42.2 Å². The molecule has 0 saturated heterocycles. The molecule has 2 N–H and O–H groups in total. The lowest BCUT2D eigenvalue weighted by Crippen LogP contribution is -2.30. The zero-order valence-corrected chi connectivity index (χ0v) is 44.2. The smallest absolute Gasteiger partial charge is 0.462 e. The second-order valence-corrected chi connectivity index (χ2v) is 19.5. The van der Waals surface area contributed by atoms with Gasteiger partial charge < -0.3 is 24.2 Å². The molecule has 0 aliphatic rings. The van der Waals surface area contributed by atoms with Gasteiger partial charge in [0.1, 0.15) is 12.7 Å². The van der Waals surface area contributed by atoms with Gasteiger partial charge in [0.2, 0.25) is 0 Å². The number of allylic oxidation sites excluding steroid dienone is 10. The van der Waals surface area contributed by atoms with Crippen LogP contribution in [0.5, 0.6) is 0 Å². The van der Waals surface area contributed by atoms with E-state index < -0.39 is 57.8 Å². The average Bonchev–Trinajstić information content (AvgIpc) is 3.32. The van der Waals surface area contributed by atoms with Crippen molar-refractivity contribution in [3.05, 3.63) is 60.8 Å². The Morgan fingerprint density at radius 2 is 0.765 bits per heavy atom. The fourth-order valence-electron chi connectivity index (χ4n) is 7.28. The maximum Gasteiger partial charge on any atom is 0.472 e. The minimum Gasteiger partial charge on any atom is -0.462 e. The van der Waals surface area contributed by atoms with Crippen LogP contribution >= 0.6 is 7.82 Å². The minimum atomic E-state index is -4.75. The number of rotatable bonds is 50. The van der Waals surface area contributed by atoms with Crippen molar-refractivity contribution >= 4 is 25.7 Å². The summed E-state index contributed by atoms with van der Waals surface area (Å²) in [7, 11) is -4.75. The Kier molecular flexibility index (Phi) is 48.5. The molecule has 12 heteroatoms. The van der Waals surface area contributed by atoms with E-state index in [4.69, 9.17) is 23.3 Å². The summed E-state index contributed by atoms with van der Waals surface area (Å²) >= 11 is 0. The molecule has 0 aromatic carbocycles. The molecule has 0 fully saturated rings. The molecule has 11 nitrogen and oxygen atoms in total. The second kappa shape index (κ2) is 50.6. The van der Waals surface area contributed by atoms with E-state index in [9.17, 15) is 28.9 Å². The van der Waals surface area contributed by atoms with Gasteiger partial charge in [-0.05, 0) is 83.5 Å². The van der Waals surface area contributed by atoms with E-state index in [1.54, 1.807) is 0 Å². The highest BCUT2D eigenvalue weighted by Gasteiger charge is 2.28. The number of phosphoric ester groups is 1. The van der Waals surface area contributed by atoms with Crippen LogP contribution in [0, 0.1) is 0 Å². The minimum absolute atomic E-state index is 0.140. The van der Waals surface area contributed by atoms with Crippen molar-refractivity contribution in [3.63, 3.8) is 0 Å². The van der Waals surface area contributed by atoms with Crippen molar-refractivity contribution in [2.75, 3.05) is 26.4 Å². The number of ether oxygens (including phenoxy) is 3. The summed E-state index contributed by atoms with van der Waals surface area (Å²) in [4.78, 5) is 48.3. The van der Waals surface area contributed by atoms with Crippen LogP contribution in [0.2, 0.25) is 0 Å². The molecular weight excluding hydrogens is 880 g/mol. The number of hydrogen-bond acceptors (Lipinski definition) is 10. The van der Waals surface area contributed by atoms with Gasteiger partial charge in [0.15, 0.2) is 6.10 Å². The monoisotopic (exact) mass is 979 g/mol. The largest absolute Gasteiger partial charge is 0.472 e. The third kappa shape index (κ3) is 48.2. The first-order valence-corrected chi connectivity index (χ1v) is 28.7.